The molecule has 2 heteroatoms. The van der Waals surface area contributed by atoms with Gasteiger partial charge >= 0.3 is 0 Å². The predicted molar refractivity (Wildman–Crippen MR) is 65.9 cm³/mol. The first kappa shape index (κ1) is 14.6. The van der Waals surface area contributed by atoms with E-state index in [0.29, 0.717) is 6.42 Å². The molecular formula is C13H27NO. The van der Waals surface area contributed by atoms with E-state index in [-0.39, 0.29) is 11.8 Å². The molecule has 0 aromatic rings. The van der Waals surface area contributed by atoms with Crippen LogP contribution in [0.2, 0.25) is 0 Å². The average molecular weight is 213 g/mol. The van der Waals surface area contributed by atoms with Crippen molar-refractivity contribution in [3.05, 3.63) is 0 Å². The summed E-state index contributed by atoms with van der Waals surface area (Å²) in [5, 5.41) is 0. The molecule has 2 N–H and O–H groups in total. The second-order valence-electron chi connectivity index (χ2n) is 4.48. The number of hydrogen-bond donors (Lipinski definition) is 1. The lowest BCUT2D eigenvalue weighted by Gasteiger charge is -2.04. The monoisotopic (exact) mass is 213 g/mol. The number of carbonyl (C=O) groups excluding carboxylic acids is 1. The van der Waals surface area contributed by atoms with Gasteiger partial charge in [-0.15, -0.1) is 0 Å². The zero-order chi connectivity index (χ0) is 11.5. The van der Waals surface area contributed by atoms with Gasteiger partial charge in [-0.2, -0.15) is 0 Å². The molecule has 0 saturated heterocycles. The van der Waals surface area contributed by atoms with Crippen LogP contribution >= 0.6 is 0 Å². The molecule has 0 aromatic carbocycles. The average Bonchev–Trinajstić information content (AvgIpc) is 2.21. The van der Waals surface area contributed by atoms with Crippen molar-refractivity contribution >= 4 is 5.78 Å². The number of Topliss-reactive ketones (excluding diaryl/α,β-unsaturated/α-hetero) is 1. The first-order chi connectivity index (χ1) is 7.18. The molecule has 0 aliphatic carbocycles. The number of ketones is 1. The van der Waals surface area contributed by atoms with Gasteiger partial charge in [-0.3, -0.25) is 4.79 Å². The second-order valence-corrected chi connectivity index (χ2v) is 4.48. The Morgan fingerprint density at radius 1 is 1.00 bits per heavy atom. The summed E-state index contributed by atoms with van der Waals surface area (Å²) in [5.41, 5.74) is 5.48. The summed E-state index contributed by atoms with van der Waals surface area (Å²) in [5.74, 6) is 0.209. The van der Waals surface area contributed by atoms with E-state index in [1.165, 1.54) is 44.9 Å². The molecule has 0 saturated carbocycles. The van der Waals surface area contributed by atoms with Gasteiger partial charge in [-0.25, -0.2) is 0 Å². The predicted octanol–water partition coefficient (Wildman–Crippen LogP) is 3.43. The molecule has 0 aromatic heterocycles. The summed E-state index contributed by atoms with van der Waals surface area (Å²) in [6, 6.07) is -0.269. The van der Waals surface area contributed by atoms with Gasteiger partial charge < -0.3 is 5.73 Å². The number of rotatable bonds is 10. The maximum atomic E-state index is 11.2. The lowest BCUT2D eigenvalue weighted by atomic mass is 10.0. The van der Waals surface area contributed by atoms with Crippen LogP contribution in [0.5, 0.6) is 0 Å². The van der Waals surface area contributed by atoms with Crippen LogP contribution in [0.4, 0.5) is 0 Å². The van der Waals surface area contributed by atoms with Crippen molar-refractivity contribution in [3.63, 3.8) is 0 Å². The Balaban J connectivity index is 3.08. The molecule has 1 unspecified atom stereocenters. The summed E-state index contributed by atoms with van der Waals surface area (Å²) in [6.45, 7) is 4.01. The zero-order valence-corrected chi connectivity index (χ0v) is 10.4. The maximum absolute atomic E-state index is 11.2. The Labute approximate surface area is 94.6 Å². The molecule has 0 spiro atoms. The SMILES string of the molecule is CCCCCCCCCCC(=O)C(C)N. The Hall–Kier alpha value is -0.370. The molecule has 0 aliphatic rings. The van der Waals surface area contributed by atoms with Gasteiger partial charge in [-0.1, -0.05) is 51.9 Å². The van der Waals surface area contributed by atoms with Gasteiger partial charge in [0.2, 0.25) is 0 Å². The van der Waals surface area contributed by atoms with Crippen molar-refractivity contribution in [1.82, 2.24) is 0 Å². The lowest BCUT2D eigenvalue weighted by Crippen LogP contribution is -2.26. The highest BCUT2D eigenvalue weighted by molar-refractivity contribution is 5.83. The van der Waals surface area contributed by atoms with E-state index in [4.69, 9.17) is 5.73 Å². The molecule has 0 rings (SSSR count). The third-order valence-corrected chi connectivity index (χ3v) is 2.78. The Morgan fingerprint density at radius 2 is 1.47 bits per heavy atom. The van der Waals surface area contributed by atoms with Crippen LogP contribution in [0.1, 0.15) is 71.6 Å². The molecule has 0 heterocycles. The Kier molecular flexibility index (Phi) is 9.91. The fraction of sp³-hybridized carbons (Fsp3) is 0.923. The van der Waals surface area contributed by atoms with Crippen molar-refractivity contribution < 1.29 is 4.79 Å². The first-order valence-electron chi connectivity index (χ1n) is 6.46. The first-order valence-corrected chi connectivity index (χ1v) is 6.46. The van der Waals surface area contributed by atoms with Crippen molar-refractivity contribution in [2.24, 2.45) is 5.73 Å². The van der Waals surface area contributed by atoms with Crippen LogP contribution in [0, 0.1) is 0 Å². The van der Waals surface area contributed by atoms with E-state index in [2.05, 4.69) is 6.92 Å². The lowest BCUT2D eigenvalue weighted by molar-refractivity contribution is -0.120. The van der Waals surface area contributed by atoms with Crippen molar-refractivity contribution in [2.75, 3.05) is 0 Å². The fourth-order valence-electron chi connectivity index (χ4n) is 1.66. The standard InChI is InChI=1S/C13H27NO/c1-3-4-5-6-7-8-9-10-11-13(15)12(2)14/h12H,3-11,14H2,1-2H3. The van der Waals surface area contributed by atoms with Crippen molar-refractivity contribution in [2.45, 2.75) is 77.7 Å². The minimum absolute atomic E-state index is 0.209. The second kappa shape index (κ2) is 10.2. The minimum atomic E-state index is -0.269. The highest BCUT2D eigenvalue weighted by Gasteiger charge is 2.05. The van der Waals surface area contributed by atoms with E-state index in [0.717, 1.165) is 6.42 Å². The summed E-state index contributed by atoms with van der Waals surface area (Å²) in [7, 11) is 0. The van der Waals surface area contributed by atoms with Crippen LogP contribution in [-0.2, 0) is 4.79 Å². The van der Waals surface area contributed by atoms with Gasteiger partial charge in [0.25, 0.3) is 0 Å². The zero-order valence-electron chi connectivity index (χ0n) is 10.4. The summed E-state index contributed by atoms with van der Waals surface area (Å²) < 4.78 is 0. The smallest absolute Gasteiger partial charge is 0.149 e. The highest BCUT2D eigenvalue weighted by Crippen LogP contribution is 2.09. The molecular weight excluding hydrogens is 186 g/mol. The number of hydrogen-bond acceptors (Lipinski definition) is 2. The van der Waals surface area contributed by atoms with Crippen molar-refractivity contribution in [1.29, 1.82) is 0 Å². The van der Waals surface area contributed by atoms with Gasteiger partial charge in [-0.05, 0) is 13.3 Å². The van der Waals surface area contributed by atoms with E-state index in [1.807, 2.05) is 0 Å². The minimum Gasteiger partial charge on any atom is -0.322 e. The van der Waals surface area contributed by atoms with Crippen LogP contribution < -0.4 is 5.73 Å². The van der Waals surface area contributed by atoms with Gasteiger partial charge in [0.05, 0.1) is 6.04 Å². The summed E-state index contributed by atoms with van der Waals surface area (Å²) in [4.78, 5) is 11.2. The third kappa shape index (κ3) is 9.92. The molecule has 0 radical (unpaired) electrons. The quantitative estimate of drug-likeness (QED) is 0.565. The van der Waals surface area contributed by atoms with E-state index in [9.17, 15) is 4.79 Å². The number of nitrogens with two attached hydrogens (primary N) is 1. The fourth-order valence-corrected chi connectivity index (χ4v) is 1.66. The molecule has 1 atom stereocenters. The van der Waals surface area contributed by atoms with Crippen LogP contribution in [0.3, 0.4) is 0 Å². The van der Waals surface area contributed by atoms with Crippen LogP contribution in [0.25, 0.3) is 0 Å². The van der Waals surface area contributed by atoms with E-state index in [1.54, 1.807) is 6.92 Å². The van der Waals surface area contributed by atoms with Gasteiger partial charge in [0.1, 0.15) is 5.78 Å². The van der Waals surface area contributed by atoms with Gasteiger partial charge in [0.15, 0.2) is 0 Å². The maximum Gasteiger partial charge on any atom is 0.149 e. The van der Waals surface area contributed by atoms with Crippen molar-refractivity contribution in [3.8, 4) is 0 Å². The molecule has 15 heavy (non-hydrogen) atoms. The van der Waals surface area contributed by atoms with Crippen LogP contribution in [0.15, 0.2) is 0 Å². The van der Waals surface area contributed by atoms with Crippen LogP contribution in [-0.4, -0.2) is 11.8 Å². The number of unbranched alkanes of at least 4 members (excludes halogenated alkanes) is 7. The molecule has 0 aliphatic heterocycles. The normalized spacial score (nSPS) is 12.7. The molecule has 0 fully saturated rings. The topological polar surface area (TPSA) is 43.1 Å². The Morgan fingerprint density at radius 3 is 1.93 bits per heavy atom. The molecule has 2 nitrogen and oxygen atoms in total. The van der Waals surface area contributed by atoms with Gasteiger partial charge in [0, 0.05) is 6.42 Å². The van der Waals surface area contributed by atoms with E-state index >= 15 is 0 Å². The summed E-state index contributed by atoms with van der Waals surface area (Å²) >= 11 is 0. The summed E-state index contributed by atoms with van der Waals surface area (Å²) in [6.07, 6.45) is 10.9. The Bertz CT molecular complexity index is 155. The van der Waals surface area contributed by atoms with E-state index < -0.39 is 0 Å². The molecule has 0 amide bonds. The highest BCUT2D eigenvalue weighted by atomic mass is 16.1. The number of carbonyl (C=O) groups is 1. The molecule has 0 bridgehead atoms. The molecule has 90 valence electrons. The third-order valence-electron chi connectivity index (χ3n) is 2.78. The largest absolute Gasteiger partial charge is 0.322 e.